The van der Waals surface area contributed by atoms with Gasteiger partial charge in [-0.2, -0.15) is 0 Å². The van der Waals surface area contributed by atoms with Crippen LogP contribution in [0.15, 0.2) is 97.6 Å². The van der Waals surface area contributed by atoms with Crippen molar-refractivity contribution in [3.05, 3.63) is 137 Å². The Kier molecular flexibility index (Phi) is 8.33. The first kappa shape index (κ1) is 28.2. The van der Waals surface area contributed by atoms with Crippen LogP contribution in [0.25, 0.3) is 16.7 Å². The van der Waals surface area contributed by atoms with Crippen LogP contribution in [-0.4, -0.2) is 0 Å². The van der Waals surface area contributed by atoms with E-state index < -0.39 is 0 Å². The molecule has 5 rings (SSSR count). The lowest BCUT2D eigenvalue weighted by Crippen LogP contribution is -2.25. The lowest BCUT2D eigenvalue weighted by molar-refractivity contribution is 0.656. The van der Waals surface area contributed by atoms with E-state index in [0.29, 0.717) is 0 Å². The Bertz CT molecular complexity index is 1370. The van der Waals surface area contributed by atoms with Gasteiger partial charge in [0, 0.05) is 10.8 Å². The SMILES string of the molecule is C=C(C)/C=C\C.C=C/C=C1\c2c(C)ccc3c2-c2c(cc(C)cc2C3(C)C)C1(C)C.Cc1ccccc1. The van der Waals surface area contributed by atoms with E-state index in [0.717, 1.165) is 5.57 Å². The molecule has 2 aliphatic rings. The van der Waals surface area contributed by atoms with Crippen LogP contribution >= 0.6 is 0 Å². The Morgan fingerprint density at radius 1 is 0.730 bits per heavy atom. The van der Waals surface area contributed by atoms with Crippen molar-refractivity contribution in [1.29, 1.82) is 0 Å². The molecule has 0 saturated heterocycles. The molecule has 0 heterocycles. The molecule has 0 atom stereocenters. The van der Waals surface area contributed by atoms with Gasteiger partial charge in [0.15, 0.2) is 0 Å². The molecule has 0 N–H and O–H groups in total. The second kappa shape index (κ2) is 10.9. The van der Waals surface area contributed by atoms with Gasteiger partial charge in [-0.3, -0.25) is 0 Å². The fraction of sp³-hybridized carbons (Fsp3) is 0.297. The maximum atomic E-state index is 3.98. The third-order valence-electron chi connectivity index (χ3n) is 7.59. The predicted molar refractivity (Wildman–Crippen MR) is 165 cm³/mol. The van der Waals surface area contributed by atoms with Crippen molar-refractivity contribution < 1.29 is 0 Å². The van der Waals surface area contributed by atoms with Crippen LogP contribution in [0.4, 0.5) is 0 Å². The molecule has 0 spiro atoms. The van der Waals surface area contributed by atoms with Crippen LogP contribution in [0.3, 0.4) is 0 Å². The topological polar surface area (TPSA) is 0 Å². The smallest absolute Gasteiger partial charge is 0.0159 e. The van der Waals surface area contributed by atoms with Gasteiger partial charge in [-0.05, 0) is 79.1 Å². The number of hydrogen-bond acceptors (Lipinski definition) is 0. The standard InChI is InChI=1S/C24H26.C7H8.C6H10/c1-8-9-16-20-15(3)10-11-17-22(20)21-18(23(16,4)5)12-14(2)13-19(21)24(17,6)7;1-7-5-3-2-4-6-7;1-4-5-6(2)3/h8-13H,1H2,2-7H3;2-6H,1H3;4-5H,2H2,1,3H3/b16-9+;;5-4-. The molecule has 0 aromatic heterocycles. The van der Waals surface area contributed by atoms with Crippen LogP contribution < -0.4 is 0 Å². The van der Waals surface area contributed by atoms with Crippen LogP contribution in [0, 0.1) is 20.8 Å². The number of benzene rings is 3. The monoisotopic (exact) mass is 488 g/mol. The molecular weight excluding hydrogens is 444 g/mol. The molecule has 0 radical (unpaired) electrons. The van der Waals surface area contributed by atoms with Gasteiger partial charge >= 0.3 is 0 Å². The summed E-state index contributed by atoms with van der Waals surface area (Å²) in [6, 6.07) is 19.7. The summed E-state index contributed by atoms with van der Waals surface area (Å²) in [5.74, 6) is 0. The summed E-state index contributed by atoms with van der Waals surface area (Å²) >= 11 is 0. The molecule has 0 heteroatoms. The van der Waals surface area contributed by atoms with Crippen molar-refractivity contribution in [2.24, 2.45) is 0 Å². The van der Waals surface area contributed by atoms with Gasteiger partial charge in [-0.25, -0.2) is 0 Å². The maximum Gasteiger partial charge on any atom is 0.0159 e. The number of allylic oxidation sites excluding steroid dienone is 6. The zero-order valence-corrected chi connectivity index (χ0v) is 24.4. The van der Waals surface area contributed by atoms with Crippen LogP contribution in [0.5, 0.6) is 0 Å². The molecule has 2 aliphatic carbocycles. The second-order valence-electron chi connectivity index (χ2n) is 11.5. The third kappa shape index (κ3) is 5.35. The molecule has 0 amide bonds. The van der Waals surface area contributed by atoms with Crippen molar-refractivity contribution in [3.8, 4) is 11.1 Å². The van der Waals surface area contributed by atoms with Crippen molar-refractivity contribution in [2.45, 2.75) is 73.1 Å². The van der Waals surface area contributed by atoms with Gasteiger partial charge in [0.2, 0.25) is 0 Å². The molecule has 37 heavy (non-hydrogen) atoms. The Balaban J connectivity index is 0.000000241. The fourth-order valence-electron chi connectivity index (χ4n) is 5.71. The highest BCUT2D eigenvalue weighted by atomic mass is 14.5. The van der Waals surface area contributed by atoms with Crippen LogP contribution in [-0.2, 0) is 10.8 Å². The summed E-state index contributed by atoms with van der Waals surface area (Å²) in [5, 5.41) is 0. The summed E-state index contributed by atoms with van der Waals surface area (Å²) < 4.78 is 0. The predicted octanol–water partition coefficient (Wildman–Crippen LogP) is 10.6. The van der Waals surface area contributed by atoms with E-state index in [4.69, 9.17) is 0 Å². The van der Waals surface area contributed by atoms with Gasteiger partial charge in [0.05, 0.1) is 0 Å². The number of aryl methyl sites for hydroxylation is 3. The number of hydrogen-bond donors (Lipinski definition) is 0. The normalized spacial score (nSPS) is 16.3. The Labute approximate surface area is 226 Å². The van der Waals surface area contributed by atoms with Crippen LogP contribution in [0.2, 0.25) is 0 Å². The first-order valence-electron chi connectivity index (χ1n) is 13.3. The summed E-state index contributed by atoms with van der Waals surface area (Å²) in [6.45, 7) is 27.6. The van der Waals surface area contributed by atoms with Gasteiger partial charge in [0.1, 0.15) is 0 Å². The van der Waals surface area contributed by atoms with E-state index in [1.54, 1.807) is 0 Å². The zero-order chi connectivity index (χ0) is 27.5. The molecule has 0 bridgehead atoms. The Hall–Kier alpha value is -3.38. The molecule has 3 aromatic carbocycles. The van der Waals surface area contributed by atoms with Crippen molar-refractivity contribution in [2.75, 3.05) is 0 Å². The zero-order valence-electron chi connectivity index (χ0n) is 24.4. The summed E-state index contributed by atoms with van der Waals surface area (Å²) in [6.07, 6.45) is 8.11. The Morgan fingerprint density at radius 3 is 1.78 bits per heavy atom. The lowest BCUT2D eigenvalue weighted by Gasteiger charge is -2.38. The van der Waals surface area contributed by atoms with Crippen LogP contribution in [0.1, 0.15) is 80.5 Å². The van der Waals surface area contributed by atoms with Crippen molar-refractivity contribution in [1.82, 2.24) is 0 Å². The molecular formula is C37H44. The third-order valence-corrected chi connectivity index (χ3v) is 7.59. The highest BCUT2D eigenvalue weighted by Gasteiger charge is 2.46. The summed E-state index contributed by atoms with van der Waals surface area (Å²) in [5.41, 5.74) is 15.4. The van der Waals surface area contributed by atoms with Crippen molar-refractivity contribution in [3.63, 3.8) is 0 Å². The molecule has 0 nitrogen and oxygen atoms in total. The van der Waals surface area contributed by atoms with E-state index in [2.05, 4.69) is 104 Å². The molecule has 0 fully saturated rings. The molecule has 3 aromatic rings. The molecule has 0 unspecified atom stereocenters. The van der Waals surface area contributed by atoms with E-state index in [9.17, 15) is 0 Å². The fourth-order valence-corrected chi connectivity index (χ4v) is 5.71. The van der Waals surface area contributed by atoms with E-state index >= 15 is 0 Å². The highest BCUT2D eigenvalue weighted by Crippen LogP contribution is 2.60. The quantitative estimate of drug-likeness (QED) is 0.315. The van der Waals surface area contributed by atoms with Crippen molar-refractivity contribution >= 4 is 5.57 Å². The van der Waals surface area contributed by atoms with Gasteiger partial charge < -0.3 is 0 Å². The maximum absolute atomic E-state index is 3.98. The van der Waals surface area contributed by atoms with Gasteiger partial charge in [0.25, 0.3) is 0 Å². The molecule has 192 valence electrons. The first-order valence-corrected chi connectivity index (χ1v) is 13.3. The van der Waals surface area contributed by atoms with E-state index in [1.165, 1.54) is 55.6 Å². The first-order chi connectivity index (χ1) is 17.4. The van der Waals surface area contributed by atoms with E-state index in [-0.39, 0.29) is 10.8 Å². The minimum Gasteiger partial charge on any atom is -0.0991 e. The molecule has 0 aliphatic heterocycles. The second-order valence-corrected chi connectivity index (χ2v) is 11.5. The average molecular weight is 489 g/mol. The van der Waals surface area contributed by atoms with E-state index in [1.807, 2.05) is 50.3 Å². The number of rotatable bonds is 2. The van der Waals surface area contributed by atoms with Gasteiger partial charge in [-0.1, -0.05) is 136 Å². The Morgan fingerprint density at radius 2 is 1.32 bits per heavy atom. The summed E-state index contributed by atoms with van der Waals surface area (Å²) in [4.78, 5) is 0. The lowest BCUT2D eigenvalue weighted by atomic mass is 9.65. The highest BCUT2D eigenvalue weighted by molar-refractivity contribution is 6.00. The minimum absolute atomic E-state index is 0.0128. The summed E-state index contributed by atoms with van der Waals surface area (Å²) in [7, 11) is 0. The molecule has 0 saturated carbocycles. The largest absolute Gasteiger partial charge is 0.0991 e. The minimum atomic E-state index is -0.0128. The van der Waals surface area contributed by atoms with Gasteiger partial charge in [-0.15, -0.1) is 0 Å². The average Bonchev–Trinajstić information content (AvgIpc) is 3.04.